The van der Waals surface area contributed by atoms with Crippen LogP contribution in [0.15, 0.2) is 18.2 Å². The van der Waals surface area contributed by atoms with Gasteiger partial charge in [0.05, 0.1) is 4.92 Å². The fourth-order valence-corrected chi connectivity index (χ4v) is 2.20. The molecule has 9 heteroatoms. The molecule has 1 amide bonds. The van der Waals surface area contributed by atoms with Gasteiger partial charge in [-0.25, -0.2) is 0 Å². The molecular formula is C13H17ClFN3O4. The van der Waals surface area contributed by atoms with E-state index in [1.54, 1.807) is 4.90 Å². The van der Waals surface area contributed by atoms with E-state index in [4.69, 9.17) is 10.5 Å². The van der Waals surface area contributed by atoms with Crippen LogP contribution in [0.4, 0.5) is 10.1 Å². The van der Waals surface area contributed by atoms with Crippen LogP contribution in [0.5, 0.6) is 5.75 Å². The Kier molecular flexibility index (Phi) is 6.51. The quantitative estimate of drug-likeness (QED) is 0.664. The van der Waals surface area contributed by atoms with Crippen LogP contribution >= 0.6 is 12.4 Å². The normalized spacial score (nSPS) is 17.5. The Morgan fingerprint density at radius 3 is 2.86 bits per heavy atom. The lowest BCUT2D eigenvalue weighted by Crippen LogP contribution is -2.47. The van der Waals surface area contributed by atoms with Crippen molar-refractivity contribution in [2.75, 3.05) is 19.7 Å². The first kappa shape index (κ1) is 18.1. The van der Waals surface area contributed by atoms with E-state index in [0.29, 0.717) is 13.1 Å². The zero-order valence-corrected chi connectivity index (χ0v) is 12.6. The fraction of sp³-hybridized carbons (Fsp3) is 0.462. The van der Waals surface area contributed by atoms with Crippen LogP contribution in [0, 0.1) is 15.9 Å². The minimum Gasteiger partial charge on any atom is -0.484 e. The van der Waals surface area contributed by atoms with Gasteiger partial charge in [-0.2, -0.15) is 4.39 Å². The Balaban J connectivity index is 0.00000242. The van der Waals surface area contributed by atoms with Crippen LogP contribution in [0.2, 0.25) is 0 Å². The molecule has 1 atom stereocenters. The van der Waals surface area contributed by atoms with Crippen LogP contribution in [0.1, 0.15) is 12.8 Å². The molecule has 0 aliphatic carbocycles. The number of nitro benzene ring substituents is 1. The first-order valence-corrected chi connectivity index (χ1v) is 6.57. The molecule has 1 aliphatic heterocycles. The van der Waals surface area contributed by atoms with Gasteiger partial charge in [-0.3, -0.25) is 14.9 Å². The van der Waals surface area contributed by atoms with E-state index in [1.165, 1.54) is 6.07 Å². The minimum atomic E-state index is -0.995. The molecule has 2 N–H and O–H groups in total. The summed E-state index contributed by atoms with van der Waals surface area (Å²) in [5, 5.41) is 10.5. The zero-order valence-electron chi connectivity index (χ0n) is 11.7. The number of hydrogen-bond donors (Lipinski definition) is 1. The minimum absolute atomic E-state index is 0. The number of halogens is 2. The van der Waals surface area contributed by atoms with Gasteiger partial charge in [0.2, 0.25) is 5.82 Å². The Labute approximate surface area is 132 Å². The lowest BCUT2D eigenvalue weighted by molar-refractivity contribution is -0.387. The topological polar surface area (TPSA) is 98.7 Å². The van der Waals surface area contributed by atoms with Crippen molar-refractivity contribution in [1.29, 1.82) is 0 Å². The molecule has 1 unspecified atom stereocenters. The average Bonchev–Trinajstić information content (AvgIpc) is 2.44. The third-order valence-corrected chi connectivity index (χ3v) is 3.29. The van der Waals surface area contributed by atoms with Crippen molar-refractivity contribution in [3.05, 3.63) is 34.1 Å². The van der Waals surface area contributed by atoms with E-state index < -0.39 is 16.4 Å². The Morgan fingerprint density at radius 1 is 1.55 bits per heavy atom. The summed E-state index contributed by atoms with van der Waals surface area (Å²) < 4.78 is 18.6. The monoisotopic (exact) mass is 333 g/mol. The predicted octanol–water partition coefficient (Wildman–Crippen LogP) is 1.48. The first-order chi connectivity index (χ1) is 9.97. The number of nitrogens with two attached hydrogens (primary N) is 1. The van der Waals surface area contributed by atoms with E-state index in [1.807, 2.05) is 0 Å². The molecule has 1 fully saturated rings. The number of benzene rings is 1. The second-order valence-electron chi connectivity index (χ2n) is 4.90. The van der Waals surface area contributed by atoms with Crippen molar-refractivity contribution in [2.45, 2.75) is 18.9 Å². The number of ether oxygens (including phenoxy) is 1. The van der Waals surface area contributed by atoms with Gasteiger partial charge in [0, 0.05) is 31.3 Å². The van der Waals surface area contributed by atoms with Crippen molar-refractivity contribution in [3.63, 3.8) is 0 Å². The Morgan fingerprint density at radius 2 is 2.27 bits per heavy atom. The lowest BCUT2D eigenvalue weighted by Gasteiger charge is -2.30. The van der Waals surface area contributed by atoms with Gasteiger partial charge < -0.3 is 15.4 Å². The molecule has 0 saturated carbocycles. The Hall–Kier alpha value is -1.93. The number of carbonyl (C=O) groups is 1. The van der Waals surface area contributed by atoms with Crippen LogP contribution in [-0.2, 0) is 4.79 Å². The number of rotatable bonds is 4. The standard InChI is InChI=1S/C13H16FN3O4.ClH/c14-11-6-10(3-4-12(11)17(19)20)21-8-13(18)16-5-1-2-9(15)7-16;/h3-4,6,9H,1-2,5,7-8,15H2;1H. The molecule has 1 aliphatic rings. The largest absolute Gasteiger partial charge is 0.484 e. The summed E-state index contributed by atoms with van der Waals surface area (Å²) in [6.07, 6.45) is 1.73. The van der Waals surface area contributed by atoms with Crippen molar-refractivity contribution < 1.29 is 18.8 Å². The van der Waals surface area contributed by atoms with E-state index in [-0.39, 0.29) is 36.7 Å². The van der Waals surface area contributed by atoms with Crippen LogP contribution < -0.4 is 10.5 Å². The zero-order chi connectivity index (χ0) is 15.4. The third kappa shape index (κ3) is 4.54. The SMILES string of the molecule is Cl.NC1CCCN(C(=O)COc2ccc([N+](=O)[O-])c(F)c2)C1. The summed E-state index contributed by atoms with van der Waals surface area (Å²) in [5.41, 5.74) is 5.16. The van der Waals surface area contributed by atoms with E-state index in [9.17, 15) is 19.3 Å². The highest BCUT2D eigenvalue weighted by Gasteiger charge is 2.22. The van der Waals surface area contributed by atoms with Gasteiger partial charge >= 0.3 is 5.69 Å². The van der Waals surface area contributed by atoms with Crippen molar-refractivity contribution in [1.82, 2.24) is 4.90 Å². The number of nitrogens with zero attached hydrogens (tertiary/aromatic N) is 2. The second-order valence-corrected chi connectivity index (χ2v) is 4.90. The third-order valence-electron chi connectivity index (χ3n) is 3.29. The number of likely N-dealkylation sites (tertiary alicyclic amines) is 1. The predicted molar refractivity (Wildman–Crippen MR) is 79.6 cm³/mol. The lowest BCUT2D eigenvalue weighted by atomic mass is 10.1. The molecule has 122 valence electrons. The van der Waals surface area contributed by atoms with E-state index in [2.05, 4.69) is 0 Å². The summed E-state index contributed by atoms with van der Waals surface area (Å²) in [4.78, 5) is 23.2. The maximum atomic E-state index is 13.4. The van der Waals surface area contributed by atoms with Gasteiger partial charge in [0.25, 0.3) is 5.91 Å². The first-order valence-electron chi connectivity index (χ1n) is 6.57. The second kappa shape index (κ2) is 7.90. The van der Waals surface area contributed by atoms with Gasteiger partial charge in [-0.1, -0.05) is 0 Å². The van der Waals surface area contributed by atoms with E-state index in [0.717, 1.165) is 25.0 Å². The number of carbonyl (C=O) groups excluding carboxylic acids is 1. The molecule has 1 heterocycles. The van der Waals surface area contributed by atoms with E-state index >= 15 is 0 Å². The number of hydrogen-bond acceptors (Lipinski definition) is 5. The van der Waals surface area contributed by atoms with Crippen LogP contribution in [0.25, 0.3) is 0 Å². The summed E-state index contributed by atoms with van der Waals surface area (Å²) >= 11 is 0. The van der Waals surface area contributed by atoms with Crippen molar-refractivity contribution in [3.8, 4) is 5.75 Å². The summed E-state index contributed by atoms with van der Waals surface area (Å²) in [7, 11) is 0. The highest BCUT2D eigenvalue weighted by molar-refractivity contribution is 5.85. The summed E-state index contributed by atoms with van der Waals surface area (Å²) in [6.45, 7) is 0.866. The molecule has 1 aromatic carbocycles. The average molecular weight is 334 g/mol. The molecule has 0 spiro atoms. The van der Waals surface area contributed by atoms with Gasteiger partial charge in [-0.15, -0.1) is 12.4 Å². The summed E-state index contributed by atoms with van der Waals surface area (Å²) in [5.74, 6) is -1.15. The molecule has 22 heavy (non-hydrogen) atoms. The highest BCUT2D eigenvalue weighted by Crippen LogP contribution is 2.22. The Bertz CT molecular complexity index is 558. The molecule has 0 aromatic heterocycles. The highest BCUT2D eigenvalue weighted by atomic mass is 35.5. The smallest absolute Gasteiger partial charge is 0.305 e. The number of amides is 1. The van der Waals surface area contributed by atoms with Crippen molar-refractivity contribution >= 4 is 24.0 Å². The van der Waals surface area contributed by atoms with Gasteiger partial charge in [0.15, 0.2) is 6.61 Å². The molecule has 0 bridgehead atoms. The maximum absolute atomic E-state index is 13.4. The fourth-order valence-electron chi connectivity index (χ4n) is 2.20. The molecule has 1 saturated heterocycles. The number of nitro groups is 1. The van der Waals surface area contributed by atoms with Gasteiger partial charge in [-0.05, 0) is 18.9 Å². The molecule has 0 radical (unpaired) electrons. The molecule has 2 rings (SSSR count). The van der Waals surface area contributed by atoms with Crippen molar-refractivity contribution in [2.24, 2.45) is 5.73 Å². The maximum Gasteiger partial charge on any atom is 0.305 e. The van der Waals surface area contributed by atoms with Crippen LogP contribution in [0.3, 0.4) is 0 Å². The summed E-state index contributed by atoms with van der Waals surface area (Å²) in [6, 6.07) is 3.13. The van der Waals surface area contributed by atoms with Crippen LogP contribution in [-0.4, -0.2) is 41.5 Å². The molecule has 7 nitrogen and oxygen atoms in total. The number of piperidine rings is 1. The molecule has 1 aromatic rings. The molecular weight excluding hydrogens is 317 g/mol. The van der Waals surface area contributed by atoms with Gasteiger partial charge in [0.1, 0.15) is 5.75 Å².